The molecule has 7 heteroatoms. The van der Waals surface area contributed by atoms with E-state index in [1.165, 1.54) is 5.56 Å². The van der Waals surface area contributed by atoms with E-state index < -0.39 is 0 Å². The molecule has 2 amide bonds. The Labute approximate surface area is 190 Å². The average molecular weight is 439 g/mol. The Hall–Kier alpha value is -2.67. The number of nitrogens with zero attached hydrogens (tertiary/aromatic N) is 3. The van der Waals surface area contributed by atoms with Crippen molar-refractivity contribution in [3.05, 3.63) is 53.4 Å². The van der Waals surface area contributed by atoms with E-state index in [1.807, 2.05) is 4.90 Å². The van der Waals surface area contributed by atoms with Crippen molar-refractivity contribution < 1.29 is 14.1 Å². The summed E-state index contributed by atoms with van der Waals surface area (Å²) in [5.74, 6) is 0.214. The van der Waals surface area contributed by atoms with Gasteiger partial charge in [0, 0.05) is 37.7 Å². The Morgan fingerprint density at radius 3 is 2.53 bits per heavy atom. The molecule has 1 aliphatic carbocycles. The zero-order valence-electron chi connectivity index (χ0n) is 19.4. The third-order valence-corrected chi connectivity index (χ3v) is 7.45. The van der Waals surface area contributed by atoms with Gasteiger partial charge in [-0.05, 0) is 64.1 Å². The molecule has 1 spiro atoms. The number of likely N-dealkylation sites (tertiary alicyclic amines) is 1. The number of hydrogen-bond donors (Lipinski definition) is 1. The van der Waals surface area contributed by atoms with Gasteiger partial charge in [-0.25, -0.2) is 0 Å². The highest BCUT2D eigenvalue weighted by molar-refractivity contribution is 5.91. The van der Waals surface area contributed by atoms with Crippen molar-refractivity contribution in [1.82, 2.24) is 20.3 Å². The fourth-order valence-electron chi connectivity index (χ4n) is 5.49. The largest absolute Gasteiger partial charge is 0.351 e. The number of hydrogen-bond acceptors (Lipinski definition) is 5. The molecule has 2 aromatic rings. The van der Waals surface area contributed by atoms with Crippen LogP contribution in [0.3, 0.4) is 0 Å². The second-order valence-corrected chi connectivity index (χ2v) is 9.73. The van der Waals surface area contributed by atoms with Crippen LogP contribution in [-0.4, -0.2) is 60.5 Å². The van der Waals surface area contributed by atoms with E-state index in [2.05, 4.69) is 59.8 Å². The van der Waals surface area contributed by atoms with Crippen LogP contribution in [0.25, 0.3) is 0 Å². The second kappa shape index (κ2) is 9.06. The van der Waals surface area contributed by atoms with Gasteiger partial charge in [-0.15, -0.1) is 0 Å². The fourth-order valence-corrected chi connectivity index (χ4v) is 5.49. The maximum Gasteiger partial charge on any atom is 0.289 e. The van der Waals surface area contributed by atoms with Gasteiger partial charge < -0.3 is 14.7 Å². The van der Waals surface area contributed by atoms with E-state index in [4.69, 9.17) is 4.52 Å². The molecule has 0 atom stereocenters. The Morgan fingerprint density at radius 2 is 1.91 bits per heavy atom. The number of aryl methyl sites for hydroxylation is 1. The summed E-state index contributed by atoms with van der Waals surface area (Å²) in [5, 5.41) is 6.58. The summed E-state index contributed by atoms with van der Waals surface area (Å²) in [6.45, 7) is 3.79. The molecule has 1 N–H and O–H groups in total. The summed E-state index contributed by atoms with van der Waals surface area (Å²) >= 11 is 0. The van der Waals surface area contributed by atoms with Gasteiger partial charge in [0.15, 0.2) is 0 Å². The highest BCUT2D eigenvalue weighted by Crippen LogP contribution is 2.52. The molecule has 1 aromatic heterocycles. The second-order valence-electron chi connectivity index (χ2n) is 9.73. The van der Waals surface area contributed by atoms with Gasteiger partial charge in [-0.1, -0.05) is 35.5 Å². The Morgan fingerprint density at radius 1 is 1.19 bits per heavy atom. The standard InChI is InChI=1S/C25H34N4O3/c1-19-16-21(32-27-19)23(31)26-14-7-15-29-18-24(17-22(29)30)10-12-25(13-11-24,28(2)3)20-8-5-4-6-9-20/h4-6,8-9,16H,7,10-15,17-18H2,1-3H3,(H,26,31)/t24-,25-. The molecule has 1 saturated heterocycles. The van der Waals surface area contributed by atoms with Gasteiger partial charge in [-0.3, -0.25) is 14.5 Å². The minimum absolute atomic E-state index is 0.0479. The number of amides is 2. The lowest BCUT2D eigenvalue weighted by atomic mass is 9.64. The summed E-state index contributed by atoms with van der Waals surface area (Å²) in [5.41, 5.74) is 2.19. The quantitative estimate of drug-likeness (QED) is 0.671. The highest BCUT2D eigenvalue weighted by Gasteiger charge is 2.49. The molecule has 32 heavy (non-hydrogen) atoms. The van der Waals surface area contributed by atoms with E-state index in [-0.39, 0.29) is 28.5 Å². The van der Waals surface area contributed by atoms with Crippen molar-refractivity contribution in [1.29, 1.82) is 0 Å². The number of benzene rings is 1. The molecule has 172 valence electrons. The smallest absolute Gasteiger partial charge is 0.289 e. The van der Waals surface area contributed by atoms with Crippen LogP contribution in [0.2, 0.25) is 0 Å². The molecule has 4 rings (SSSR count). The van der Waals surface area contributed by atoms with Crippen LogP contribution in [-0.2, 0) is 10.3 Å². The van der Waals surface area contributed by atoms with Crippen LogP contribution in [0, 0.1) is 12.3 Å². The zero-order chi connectivity index (χ0) is 22.8. The van der Waals surface area contributed by atoms with Crippen molar-refractivity contribution in [3.63, 3.8) is 0 Å². The van der Waals surface area contributed by atoms with Gasteiger partial charge in [0.1, 0.15) is 0 Å². The lowest BCUT2D eigenvalue weighted by Gasteiger charge is -2.48. The molecule has 2 aliphatic rings. The number of aromatic nitrogens is 1. The van der Waals surface area contributed by atoms with Gasteiger partial charge in [0.2, 0.25) is 11.7 Å². The predicted molar refractivity (Wildman–Crippen MR) is 122 cm³/mol. The van der Waals surface area contributed by atoms with E-state index in [9.17, 15) is 9.59 Å². The Balaban J connectivity index is 1.29. The van der Waals surface area contributed by atoms with Crippen LogP contribution in [0.4, 0.5) is 0 Å². The average Bonchev–Trinajstić information content (AvgIpc) is 3.35. The van der Waals surface area contributed by atoms with E-state index in [1.54, 1.807) is 13.0 Å². The normalized spacial score (nSPS) is 25.6. The minimum Gasteiger partial charge on any atom is -0.351 e. The van der Waals surface area contributed by atoms with Crippen LogP contribution in [0.1, 0.15) is 60.3 Å². The Bertz CT molecular complexity index is 945. The molecular formula is C25H34N4O3. The van der Waals surface area contributed by atoms with Crippen molar-refractivity contribution in [3.8, 4) is 0 Å². The van der Waals surface area contributed by atoms with Crippen molar-refractivity contribution in [2.45, 2.75) is 51.0 Å². The Kier molecular flexibility index (Phi) is 6.38. The molecule has 1 saturated carbocycles. The first-order valence-corrected chi connectivity index (χ1v) is 11.6. The van der Waals surface area contributed by atoms with Crippen LogP contribution in [0.15, 0.2) is 40.9 Å². The van der Waals surface area contributed by atoms with Crippen molar-refractivity contribution >= 4 is 11.8 Å². The summed E-state index contributed by atoms with van der Waals surface area (Å²) < 4.78 is 4.98. The summed E-state index contributed by atoms with van der Waals surface area (Å²) in [4.78, 5) is 29.2. The number of carbonyl (C=O) groups excluding carboxylic acids is 2. The van der Waals surface area contributed by atoms with Crippen molar-refractivity contribution in [2.24, 2.45) is 5.41 Å². The lowest BCUT2D eigenvalue weighted by molar-refractivity contribution is -0.127. The fraction of sp³-hybridized carbons (Fsp3) is 0.560. The molecule has 0 unspecified atom stereocenters. The molecule has 2 fully saturated rings. The van der Waals surface area contributed by atoms with E-state index >= 15 is 0 Å². The number of carbonyl (C=O) groups is 2. The van der Waals surface area contributed by atoms with Crippen LogP contribution >= 0.6 is 0 Å². The first-order chi connectivity index (χ1) is 15.3. The minimum atomic E-state index is -0.261. The summed E-state index contributed by atoms with van der Waals surface area (Å²) in [6, 6.07) is 12.4. The van der Waals surface area contributed by atoms with E-state index in [0.29, 0.717) is 25.2 Å². The first kappa shape index (κ1) is 22.5. The predicted octanol–water partition coefficient (Wildman–Crippen LogP) is 3.35. The highest BCUT2D eigenvalue weighted by atomic mass is 16.5. The maximum absolute atomic E-state index is 12.8. The van der Waals surface area contributed by atoms with Gasteiger partial charge in [0.05, 0.1) is 5.69 Å². The van der Waals surface area contributed by atoms with Gasteiger partial charge >= 0.3 is 0 Å². The third kappa shape index (κ3) is 4.44. The topological polar surface area (TPSA) is 78.7 Å². The zero-order valence-corrected chi connectivity index (χ0v) is 19.4. The molecule has 1 aliphatic heterocycles. The van der Waals surface area contributed by atoms with Crippen LogP contribution < -0.4 is 5.32 Å². The van der Waals surface area contributed by atoms with Crippen molar-refractivity contribution in [2.75, 3.05) is 33.7 Å². The third-order valence-electron chi connectivity index (χ3n) is 7.45. The van der Waals surface area contributed by atoms with Crippen LogP contribution in [0.5, 0.6) is 0 Å². The first-order valence-electron chi connectivity index (χ1n) is 11.6. The lowest BCUT2D eigenvalue weighted by Crippen LogP contribution is -2.47. The summed E-state index contributed by atoms with van der Waals surface area (Å²) in [6.07, 6.45) is 5.63. The molecule has 2 heterocycles. The summed E-state index contributed by atoms with van der Waals surface area (Å²) in [7, 11) is 4.34. The number of rotatable bonds is 7. The SMILES string of the molecule is Cc1cc(C(=O)NCCCN2C[C@]3(CC[C@](c4ccccc4)(N(C)C)CC3)CC2=O)on1. The molecule has 1 aromatic carbocycles. The molecule has 0 radical (unpaired) electrons. The number of nitrogens with one attached hydrogen (secondary N) is 1. The van der Waals surface area contributed by atoms with Gasteiger partial charge in [-0.2, -0.15) is 0 Å². The van der Waals surface area contributed by atoms with Gasteiger partial charge in [0.25, 0.3) is 5.91 Å². The maximum atomic E-state index is 12.8. The monoisotopic (exact) mass is 438 g/mol. The van der Waals surface area contributed by atoms with E-state index in [0.717, 1.165) is 38.6 Å². The molecule has 0 bridgehead atoms. The molecular weight excluding hydrogens is 404 g/mol. The molecule has 7 nitrogen and oxygen atoms in total.